The first-order valence-corrected chi connectivity index (χ1v) is 8.73. The number of benzene rings is 1. The minimum atomic E-state index is -0.368. The van der Waals surface area contributed by atoms with Gasteiger partial charge in [0.1, 0.15) is 5.82 Å². The van der Waals surface area contributed by atoms with Gasteiger partial charge in [0.15, 0.2) is 0 Å². The topological polar surface area (TPSA) is 66.6 Å². The second-order valence-electron chi connectivity index (χ2n) is 7.66. The molecule has 1 unspecified atom stereocenters. The number of piperidine rings is 1. The van der Waals surface area contributed by atoms with Crippen molar-refractivity contribution in [2.45, 2.75) is 26.7 Å². The van der Waals surface area contributed by atoms with Crippen LogP contribution in [0.25, 0.3) is 0 Å². The second kappa shape index (κ2) is 9.33. The SMILES string of the molecule is CN(CC(C)(C)CN)C(=O)C1CCCN(C(=O)c2ccc(F)cc2)C1.Cl. The fourth-order valence-electron chi connectivity index (χ4n) is 3.23. The van der Waals surface area contributed by atoms with Crippen LogP contribution in [0, 0.1) is 17.2 Å². The molecule has 1 saturated heterocycles. The van der Waals surface area contributed by atoms with E-state index in [2.05, 4.69) is 0 Å². The Kier molecular flexibility index (Phi) is 8.03. The summed E-state index contributed by atoms with van der Waals surface area (Å²) in [6.07, 6.45) is 1.57. The van der Waals surface area contributed by atoms with E-state index in [4.69, 9.17) is 5.73 Å². The third kappa shape index (κ3) is 5.68. The first kappa shape index (κ1) is 22.4. The monoisotopic (exact) mass is 385 g/mol. The summed E-state index contributed by atoms with van der Waals surface area (Å²) in [5.41, 5.74) is 6.07. The maximum atomic E-state index is 13.0. The summed E-state index contributed by atoms with van der Waals surface area (Å²) < 4.78 is 13.0. The second-order valence-corrected chi connectivity index (χ2v) is 7.66. The van der Waals surface area contributed by atoms with E-state index in [1.54, 1.807) is 16.8 Å². The van der Waals surface area contributed by atoms with Crippen LogP contribution in [0.1, 0.15) is 37.0 Å². The lowest BCUT2D eigenvalue weighted by atomic mass is 9.91. The minimum absolute atomic E-state index is 0. The van der Waals surface area contributed by atoms with Gasteiger partial charge in [0.05, 0.1) is 5.92 Å². The summed E-state index contributed by atoms with van der Waals surface area (Å²) in [4.78, 5) is 28.7. The zero-order valence-corrected chi connectivity index (χ0v) is 16.5. The van der Waals surface area contributed by atoms with Crippen molar-refractivity contribution in [2.24, 2.45) is 17.1 Å². The van der Waals surface area contributed by atoms with E-state index in [0.717, 1.165) is 12.8 Å². The maximum Gasteiger partial charge on any atom is 0.253 e. The molecule has 2 amide bonds. The van der Waals surface area contributed by atoms with Crippen LogP contribution in [-0.2, 0) is 4.79 Å². The molecule has 2 rings (SSSR count). The van der Waals surface area contributed by atoms with Crippen molar-refractivity contribution in [2.75, 3.05) is 33.2 Å². The van der Waals surface area contributed by atoms with Crippen molar-refractivity contribution in [3.8, 4) is 0 Å². The summed E-state index contributed by atoms with van der Waals surface area (Å²) in [6.45, 7) is 6.18. The fraction of sp³-hybridized carbons (Fsp3) is 0.579. The van der Waals surface area contributed by atoms with E-state index in [1.165, 1.54) is 24.3 Å². The number of likely N-dealkylation sites (tertiary alicyclic amines) is 1. The zero-order chi connectivity index (χ0) is 18.6. The average Bonchev–Trinajstić information content (AvgIpc) is 2.61. The normalized spacial score (nSPS) is 17.4. The number of carbonyl (C=O) groups excluding carboxylic acids is 2. The van der Waals surface area contributed by atoms with Gasteiger partial charge >= 0.3 is 0 Å². The maximum absolute atomic E-state index is 13.0. The van der Waals surface area contributed by atoms with Crippen molar-refractivity contribution in [1.29, 1.82) is 0 Å². The van der Waals surface area contributed by atoms with E-state index in [-0.39, 0.29) is 41.4 Å². The number of hydrogen-bond donors (Lipinski definition) is 1. The highest BCUT2D eigenvalue weighted by Gasteiger charge is 2.32. The van der Waals surface area contributed by atoms with E-state index < -0.39 is 0 Å². The van der Waals surface area contributed by atoms with Gasteiger partial charge in [-0.15, -0.1) is 12.4 Å². The predicted octanol–water partition coefficient (Wildman–Crippen LogP) is 2.54. The first-order chi connectivity index (χ1) is 11.7. The Hall–Kier alpha value is -1.66. The lowest BCUT2D eigenvalue weighted by molar-refractivity contribution is -0.136. The highest BCUT2D eigenvalue weighted by atomic mass is 35.5. The Balaban J connectivity index is 0.00000338. The Labute approximate surface area is 161 Å². The molecule has 0 spiro atoms. The predicted molar refractivity (Wildman–Crippen MR) is 103 cm³/mol. The van der Waals surface area contributed by atoms with Crippen LogP contribution in [0.3, 0.4) is 0 Å². The van der Waals surface area contributed by atoms with Gasteiger partial charge in [0.25, 0.3) is 5.91 Å². The number of halogens is 2. The van der Waals surface area contributed by atoms with E-state index in [9.17, 15) is 14.0 Å². The van der Waals surface area contributed by atoms with Gasteiger partial charge in [0.2, 0.25) is 5.91 Å². The highest BCUT2D eigenvalue weighted by molar-refractivity contribution is 5.94. The van der Waals surface area contributed by atoms with Crippen LogP contribution in [-0.4, -0.2) is 54.8 Å². The molecule has 1 aliphatic heterocycles. The Bertz CT molecular complexity index is 622. The molecule has 1 aliphatic rings. The van der Waals surface area contributed by atoms with Crippen molar-refractivity contribution < 1.29 is 14.0 Å². The Morgan fingerprint density at radius 3 is 2.50 bits per heavy atom. The van der Waals surface area contributed by atoms with Gasteiger partial charge in [-0.3, -0.25) is 9.59 Å². The molecule has 0 saturated carbocycles. The molecule has 7 heteroatoms. The molecule has 146 valence electrons. The van der Waals surface area contributed by atoms with Crippen LogP contribution in [0.2, 0.25) is 0 Å². The lowest BCUT2D eigenvalue weighted by Crippen LogP contribution is -2.48. The first-order valence-electron chi connectivity index (χ1n) is 8.73. The molecule has 0 radical (unpaired) electrons. The molecular formula is C19H29ClFN3O2. The lowest BCUT2D eigenvalue weighted by Gasteiger charge is -2.36. The molecule has 0 aromatic heterocycles. The van der Waals surface area contributed by atoms with Crippen molar-refractivity contribution in [3.05, 3.63) is 35.6 Å². The summed E-state index contributed by atoms with van der Waals surface area (Å²) in [7, 11) is 1.79. The van der Waals surface area contributed by atoms with E-state index in [1.807, 2.05) is 13.8 Å². The zero-order valence-electron chi connectivity index (χ0n) is 15.7. The highest BCUT2D eigenvalue weighted by Crippen LogP contribution is 2.22. The van der Waals surface area contributed by atoms with Gasteiger partial charge in [-0.2, -0.15) is 0 Å². The molecule has 1 heterocycles. The van der Waals surface area contributed by atoms with Gasteiger partial charge < -0.3 is 15.5 Å². The van der Waals surface area contributed by atoms with Gasteiger partial charge in [0, 0.05) is 32.2 Å². The summed E-state index contributed by atoms with van der Waals surface area (Å²) in [5.74, 6) is -0.662. The molecule has 2 N–H and O–H groups in total. The van der Waals surface area contributed by atoms with Crippen molar-refractivity contribution in [3.63, 3.8) is 0 Å². The number of carbonyl (C=O) groups is 2. The number of hydrogen-bond acceptors (Lipinski definition) is 3. The molecule has 1 aromatic rings. The molecular weight excluding hydrogens is 357 g/mol. The standard InChI is InChI=1S/C19H28FN3O2.ClH/c1-19(2,12-21)13-22(3)17(24)15-5-4-10-23(11-15)18(25)14-6-8-16(20)9-7-14;/h6-9,15H,4-5,10-13,21H2,1-3H3;1H. The van der Waals surface area contributed by atoms with Gasteiger partial charge in [-0.25, -0.2) is 4.39 Å². The molecule has 1 fully saturated rings. The molecule has 1 atom stereocenters. The quantitative estimate of drug-likeness (QED) is 0.846. The number of nitrogens with zero attached hydrogens (tertiary/aromatic N) is 2. The van der Waals surface area contributed by atoms with Crippen LogP contribution in [0.5, 0.6) is 0 Å². The molecule has 1 aromatic carbocycles. The third-order valence-corrected chi connectivity index (χ3v) is 4.74. The number of rotatable bonds is 5. The van der Waals surface area contributed by atoms with E-state index in [0.29, 0.717) is 31.7 Å². The summed E-state index contributed by atoms with van der Waals surface area (Å²) in [6, 6.07) is 5.53. The molecule has 26 heavy (non-hydrogen) atoms. The fourth-order valence-corrected chi connectivity index (χ4v) is 3.23. The van der Waals surface area contributed by atoms with Gasteiger partial charge in [-0.05, 0) is 49.1 Å². The smallest absolute Gasteiger partial charge is 0.253 e. The molecule has 5 nitrogen and oxygen atoms in total. The van der Waals surface area contributed by atoms with E-state index >= 15 is 0 Å². The Morgan fingerprint density at radius 1 is 1.31 bits per heavy atom. The molecule has 0 bridgehead atoms. The molecule has 0 aliphatic carbocycles. The largest absolute Gasteiger partial charge is 0.345 e. The van der Waals surface area contributed by atoms with Crippen LogP contribution >= 0.6 is 12.4 Å². The van der Waals surface area contributed by atoms with Crippen LogP contribution < -0.4 is 5.73 Å². The van der Waals surface area contributed by atoms with Gasteiger partial charge in [-0.1, -0.05) is 13.8 Å². The number of nitrogens with two attached hydrogens (primary N) is 1. The third-order valence-electron chi connectivity index (χ3n) is 4.74. The van der Waals surface area contributed by atoms with Crippen molar-refractivity contribution >= 4 is 24.2 Å². The summed E-state index contributed by atoms with van der Waals surface area (Å²) >= 11 is 0. The summed E-state index contributed by atoms with van der Waals surface area (Å²) in [5, 5.41) is 0. The van der Waals surface area contributed by atoms with Crippen molar-refractivity contribution in [1.82, 2.24) is 9.80 Å². The minimum Gasteiger partial charge on any atom is -0.345 e. The Morgan fingerprint density at radius 2 is 1.92 bits per heavy atom. The number of amides is 2. The average molecular weight is 386 g/mol. The van der Waals surface area contributed by atoms with Crippen LogP contribution in [0.15, 0.2) is 24.3 Å². The van der Waals surface area contributed by atoms with Crippen LogP contribution in [0.4, 0.5) is 4.39 Å².